The number of aromatic carboxylic acids is 1. The summed E-state index contributed by atoms with van der Waals surface area (Å²) < 4.78 is 5.32. The minimum atomic E-state index is -2.17. The molecule has 1 heterocycles. The van der Waals surface area contributed by atoms with Crippen molar-refractivity contribution in [3.8, 4) is 16.9 Å². The Morgan fingerprint density at radius 1 is 0.459 bits per heavy atom. The number of carbonyl (C=O) groups excluding carboxylic acids is 17. The third kappa shape index (κ3) is 40.4. The van der Waals surface area contributed by atoms with Crippen molar-refractivity contribution in [3.05, 3.63) is 161 Å². The molecule has 7 rings (SSSR count). The van der Waals surface area contributed by atoms with Gasteiger partial charge in [0, 0.05) is 44.9 Å². The average Bonchev–Trinajstić information content (AvgIpc) is 0.824. The van der Waals surface area contributed by atoms with E-state index in [-0.39, 0.29) is 112 Å². The number of hydrogen-bond acceptors (Lipinski definition) is 26. The number of aryl methyl sites for hydroxylation is 1. The molecule has 0 bridgehead atoms. The third-order valence-electron chi connectivity index (χ3n) is 25.1. The SMILES string of the molecule is Cc1cccc(C[C@@H]2NC(=O)[C@H](CC(=O)O)NC(=O)[C@H](Cc3ccc(OCC(=O)O)cc3)NC(=O)[C@H](CCCN)NC(=O)CSC[C@@H](C(=O)N[C@@H](CCN)C(N)=O)NC(=O)[C@H](CCCN)NC(=O)[C@H](C(C)C)NC(=O)[C@H](CC3CCCCC3)NC(=O)[C@H](CCN)NC(=O)[C@@H](CC(C)C)NC(=O)[C@H](C)N(C)C(=O)[C@H](CCC(N)=O)NC(=O)[C@H](Cc3ccc(-c4ccccc4)cc3)NC(=O)[C@H](Cc3ccc(C(=O)O)cc3)NC2=O)c1. The first-order chi connectivity index (χ1) is 70.4. The summed E-state index contributed by atoms with van der Waals surface area (Å²) in [4.78, 5) is 290. The molecule has 0 aromatic heterocycles. The fraction of sp³-hybridized carbons (Fsp3) is 0.510. The van der Waals surface area contributed by atoms with Gasteiger partial charge in [-0.05, 0) is 173 Å². The number of carboxylic acids is 3. The Kier molecular flexibility index (Phi) is 49.8. The molecule has 29 N–H and O–H groups in total. The smallest absolute Gasteiger partial charge is 0.341 e. The number of ether oxygens (including phenoxy) is 1. The van der Waals surface area contributed by atoms with Crippen LogP contribution in [0, 0.1) is 24.7 Å². The Morgan fingerprint density at radius 2 is 0.919 bits per heavy atom. The number of amides is 17. The molecule has 1 saturated heterocycles. The number of nitrogens with zero attached hydrogens (tertiary/aromatic N) is 1. The molecule has 5 aromatic carbocycles. The van der Waals surface area contributed by atoms with Crippen LogP contribution in [0.2, 0.25) is 0 Å². The van der Waals surface area contributed by atoms with E-state index in [0.29, 0.717) is 29.5 Å². The van der Waals surface area contributed by atoms with E-state index < -0.39 is 278 Å². The molecule has 148 heavy (non-hydrogen) atoms. The highest BCUT2D eigenvalue weighted by Gasteiger charge is 2.42. The zero-order valence-corrected chi connectivity index (χ0v) is 85.2. The molecule has 15 atom stereocenters. The normalized spacial score (nSPS) is 22.9. The number of carboxylic acid groups (broad SMARTS) is 3. The molecule has 1 saturated carbocycles. The Labute approximate surface area is 862 Å². The number of rotatable bonds is 36. The first-order valence-electron chi connectivity index (χ1n) is 49.5. The van der Waals surface area contributed by atoms with Crippen molar-refractivity contribution in [2.45, 2.75) is 261 Å². The lowest BCUT2D eigenvalue weighted by molar-refractivity contribution is -0.143. The van der Waals surface area contributed by atoms with E-state index >= 15 is 38.4 Å². The Hall–Kier alpha value is -14.5. The molecule has 0 radical (unpaired) electrons. The summed E-state index contributed by atoms with van der Waals surface area (Å²) >= 11 is 0.720. The van der Waals surface area contributed by atoms with Crippen molar-refractivity contribution < 1.29 is 116 Å². The molecule has 806 valence electrons. The zero-order valence-electron chi connectivity index (χ0n) is 84.3. The van der Waals surface area contributed by atoms with Crippen molar-refractivity contribution in [3.63, 3.8) is 0 Å². The van der Waals surface area contributed by atoms with Crippen LogP contribution in [0.15, 0.2) is 127 Å². The number of primary amides is 2. The summed E-state index contributed by atoms with van der Waals surface area (Å²) in [6, 6.07) is 8.15. The van der Waals surface area contributed by atoms with Crippen LogP contribution >= 0.6 is 11.8 Å². The second-order valence-corrected chi connectivity index (χ2v) is 38.8. The molecule has 17 amide bonds. The monoisotopic (exact) mass is 2080 g/mol. The highest BCUT2D eigenvalue weighted by molar-refractivity contribution is 8.00. The molecular weight excluding hydrogens is 1940 g/mol. The summed E-state index contributed by atoms with van der Waals surface area (Å²) in [6.45, 7) is 8.40. The van der Waals surface area contributed by atoms with Crippen LogP contribution in [0.1, 0.15) is 176 Å². The van der Waals surface area contributed by atoms with Gasteiger partial charge in [0.1, 0.15) is 96.4 Å². The Balaban J connectivity index is 1.38. The van der Waals surface area contributed by atoms with Gasteiger partial charge >= 0.3 is 17.9 Å². The molecule has 2 fully saturated rings. The predicted octanol–water partition coefficient (Wildman–Crippen LogP) is -1.45. The van der Waals surface area contributed by atoms with Crippen molar-refractivity contribution in [1.29, 1.82) is 0 Å². The highest BCUT2D eigenvalue weighted by atomic mass is 32.2. The Bertz CT molecular complexity index is 5390. The fourth-order valence-electron chi connectivity index (χ4n) is 16.8. The zero-order chi connectivity index (χ0) is 109. The number of likely N-dealkylation sites (N-methyl/N-ethyl adjacent to an activating group) is 1. The van der Waals surface area contributed by atoms with E-state index in [0.717, 1.165) is 47.1 Å². The third-order valence-corrected chi connectivity index (χ3v) is 26.1. The lowest BCUT2D eigenvalue weighted by Gasteiger charge is -2.32. The number of aliphatic carboxylic acids is 2. The molecule has 0 unspecified atom stereocenters. The van der Waals surface area contributed by atoms with Gasteiger partial charge in [0.2, 0.25) is 100 Å². The van der Waals surface area contributed by atoms with Crippen LogP contribution in [-0.2, 0) is 117 Å². The van der Waals surface area contributed by atoms with Gasteiger partial charge in [-0.3, -0.25) is 86.3 Å². The topological polar surface area (TPSA) is 739 Å². The van der Waals surface area contributed by atoms with Gasteiger partial charge in [0.15, 0.2) is 6.61 Å². The van der Waals surface area contributed by atoms with E-state index in [2.05, 4.69) is 74.4 Å². The second-order valence-electron chi connectivity index (χ2n) is 37.8. The maximum Gasteiger partial charge on any atom is 0.341 e. The molecule has 46 heteroatoms. The number of nitrogens with two attached hydrogens (primary N) is 6. The molecule has 1 aliphatic heterocycles. The van der Waals surface area contributed by atoms with E-state index in [9.17, 15) is 72.9 Å². The molecule has 5 aromatic rings. The minimum Gasteiger partial charge on any atom is -0.482 e. The van der Waals surface area contributed by atoms with Crippen LogP contribution in [0.4, 0.5) is 0 Å². The average molecular weight is 2080 g/mol. The number of carbonyl (C=O) groups is 20. The van der Waals surface area contributed by atoms with Gasteiger partial charge in [-0.25, -0.2) is 9.59 Å². The summed E-state index contributed by atoms with van der Waals surface area (Å²) in [6.07, 6.45) is -1.21. The maximum absolute atomic E-state index is 15.7. The Morgan fingerprint density at radius 3 is 1.42 bits per heavy atom. The van der Waals surface area contributed by atoms with Crippen molar-refractivity contribution in [1.82, 2.24) is 79.3 Å². The van der Waals surface area contributed by atoms with Crippen LogP contribution in [-0.4, -0.2) is 281 Å². The van der Waals surface area contributed by atoms with Gasteiger partial charge in [-0.15, -0.1) is 11.8 Å². The minimum absolute atomic E-state index is 0.0264. The first-order valence-corrected chi connectivity index (χ1v) is 50.7. The molecule has 2 aliphatic rings. The lowest BCUT2D eigenvalue weighted by Crippen LogP contribution is -2.62. The van der Waals surface area contributed by atoms with Crippen LogP contribution in [0.3, 0.4) is 0 Å². The summed E-state index contributed by atoms with van der Waals surface area (Å²) in [5.74, 6) is -24.2. The van der Waals surface area contributed by atoms with Gasteiger partial charge in [-0.1, -0.05) is 168 Å². The van der Waals surface area contributed by atoms with Crippen LogP contribution in [0.5, 0.6) is 5.75 Å². The number of nitrogens with one attached hydrogen (secondary N) is 14. The van der Waals surface area contributed by atoms with Crippen LogP contribution in [0.25, 0.3) is 11.1 Å². The van der Waals surface area contributed by atoms with Gasteiger partial charge in [-0.2, -0.15) is 0 Å². The van der Waals surface area contributed by atoms with Crippen molar-refractivity contribution in [2.75, 3.05) is 51.3 Å². The highest BCUT2D eigenvalue weighted by Crippen LogP contribution is 2.29. The lowest BCUT2D eigenvalue weighted by atomic mass is 9.84. The van der Waals surface area contributed by atoms with E-state index in [1.807, 2.05) is 30.3 Å². The predicted molar refractivity (Wildman–Crippen MR) is 547 cm³/mol. The first kappa shape index (κ1) is 120. The van der Waals surface area contributed by atoms with Gasteiger partial charge in [0.05, 0.1) is 17.7 Å². The maximum atomic E-state index is 15.7. The standard InChI is InChI=1S/C102H143N21O24S/c1-56(2)45-74-92(135)111-72(40-44-106)91(134)116-78(47-60-18-10-8-11-19-60)98(141)122-86(57(3)4)100(143)112-71(24-16-42-104)90(133)121-81(99(142)110-69(39-43-105)87(108)130)54-148-55-83(125)109-70(23-15-41-103)89(132)115-76(50-63-29-35-68(36-30-63)147-53-85(128)129)95(138)120-80(52-84(126)127)97(140)119-79(51-64-20-14-17-58(5)46-64)96(139)118-77(49-62-27-33-67(34-28-62)102(145)146)94(137)117-75(48-61-25-31-66(32-26-61)65-21-12-9-13-22-65)93(136)113-73(37-38-82(107)124)101(144)123(7)59(6)88(131)114-74/h9,12-14,17,20-22,25-36,46,56-57,59-60,69-81,86H,8,10-11,15-16,18-19,23-24,37-45,47-55,103-106H2,1-7H3,(H2,107,124)(H2,108,130)(H,109,125)(H,110,142)(H,111,135)(H,112,143)(H,113,136)(H,114,131)(H,115,132)(H,116,134)(H,117,137)(H,118,139)(H,119,140)(H,120,138)(H,121,133)(H,122,141)(H,126,127)(H,128,129)(H,145,146)/t59-,69-,70-,71-,72-,73-,74+,75-,76-,77-,78-,79-,80-,81-,86-/m0/s1. The van der Waals surface area contributed by atoms with Crippen molar-refractivity contribution >= 4 is 130 Å². The van der Waals surface area contributed by atoms with Crippen LogP contribution < -0.4 is 114 Å². The number of thioether (sulfide) groups is 1. The summed E-state index contributed by atoms with van der Waals surface area (Å²) in [5.41, 5.74) is 38.5. The largest absolute Gasteiger partial charge is 0.482 e. The quantitative estimate of drug-likeness (QED) is 0.0218. The van der Waals surface area contributed by atoms with Gasteiger partial charge in [0.25, 0.3) is 0 Å². The molecule has 0 spiro atoms. The fourth-order valence-corrected chi connectivity index (χ4v) is 17.6. The van der Waals surface area contributed by atoms with E-state index in [4.69, 9.17) is 39.1 Å². The van der Waals surface area contributed by atoms with E-state index in [1.165, 1.54) is 62.5 Å². The van der Waals surface area contributed by atoms with E-state index in [1.54, 1.807) is 83.1 Å². The van der Waals surface area contributed by atoms with Gasteiger partial charge < -0.3 is 134 Å². The molecule has 45 nitrogen and oxygen atoms in total. The molecule has 1 aliphatic carbocycles. The van der Waals surface area contributed by atoms with Crippen molar-refractivity contribution in [2.24, 2.45) is 52.2 Å². The molecular formula is C102H143N21O24S. The number of hydrogen-bond donors (Lipinski definition) is 23. The second kappa shape index (κ2) is 61.2. The summed E-state index contributed by atoms with van der Waals surface area (Å²) in [7, 11) is 1.19. The summed E-state index contributed by atoms with van der Waals surface area (Å²) in [5, 5.41) is 66.8. The number of benzene rings is 5.